The average Bonchev–Trinajstić information content (AvgIpc) is 2.16. The molecule has 2 N–H and O–H groups in total. The monoisotopic (exact) mass is 188 g/mol. The van der Waals surface area contributed by atoms with Crippen molar-refractivity contribution in [1.82, 2.24) is 5.32 Å². The van der Waals surface area contributed by atoms with Crippen molar-refractivity contribution in [1.29, 1.82) is 5.26 Å². The first-order chi connectivity index (χ1) is 6.73. The third-order valence-electron chi connectivity index (χ3n) is 2.57. The molecule has 1 saturated heterocycles. The summed E-state index contributed by atoms with van der Waals surface area (Å²) >= 11 is 0. The Morgan fingerprint density at radius 1 is 1.43 bits per heavy atom. The molecule has 1 fully saturated rings. The van der Waals surface area contributed by atoms with E-state index in [4.69, 9.17) is 5.26 Å². The lowest BCUT2D eigenvalue weighted by Crippen LogP contribution is -2.60. The maximum Gasteiger partial charge on any atom is 0.0994 e. The molecule has 1 aromatic carbocycles. The quantitative estimate of drug-likeness (QED) is 0.708. The number of β-amino-alcohol motifs (C(OH)–C–C–N with tert-alkyl or cyclic N) is 1. The average molecular weight is 188 g/mol. The molecule has 1 heterocycles. The van der Waals surface area contributed by atoms with Gasteiger partial charge < -0.3 is 10.4 Å². The van der Waals surface area contributed by atoms with Crippen LogP contribution in [0.25, 0.3) is 0 Å². The predicted octanol–water partition coefficient (Wildman–Crippen LogP) is 0.435. The molecule has 2 rings (SSSR count). The highest BCUT2D eigenvalue weighted by molar-refractivity contribution is 5.38. The number of benzene rings is 1. The van der Waals surface area contributed by atoms with E-state index >= 15 is 0 Å². The SMILES string of the molecule is N#Cc1ccccc1CC1(O)CNC1. The van der Waals surface area contributed by atoms with Crippen molar-refractivity contribution in [2.45, 2.75) is 12.0 Å². The van der Waals surface area contributed by atoms with Gasteiger partial charge in [-0.3, -0.25) is 0 Å². The summed E-state index contributed by atoms with van der Waals surface area (Å²) in [5, 5.41) is 21.8. The molecule has 0 radical (unpaired) electrons. The van der Waals surface area contributed by atoms with Gasteiger partial charge in [0.1, 0.15) is 0 Å². The van der Waals surface area contributed by atoms with E-state index in [0.29, 0.717) is 25.1 Å². The van der Waals surface area contributed by atoms with Crippen molar-refractivity contribution in [3.8, 4) is 6.07 Å². The van der Waals surface area contributed by atoms with E-state index in [1.807, 2.05) is 18.2 Å². The van der Waals surface area contributed by atoms with Crippen molar-refractivity contribution in [2.75, 3.05) is 13.1 Å². The fourth-order valence-corrected chi connectivity index (χ4v) is 1.68. The molecule has 0 aromatic heterocycles. The highest BCUT2D eigenvalue weighted by Gasteiger charge is 2.34. The minimum Gasteiger partial charge on any atom is -0.387 e. The first-order valence-corrected chi connectivity index (χ1v) is 4.65. The van der Waals surface area contributed by atoms with Gasteiger partial charge in [-0.05, 0) is 11.6 Å². The lowest BCUT2D eigenvalue weighted by atomic mass is 9.87. The van der Waals surface area contributed by atoms with Crippen LogP contribution in [0.3, 0.4) is 0 Å². The molecule has 3 heteroatoms. The highest BCUT2D eigenvalue weighted by atomic mass is 16.3. The molecule has 0 aliphatic carbocycles. The van der Waals surface area contributed by atoms with Crippen LogP contribution in [0.1, 0.15) is 11.1 Å². The summed E-state index contributed by atoms with van der Waals surface area (Å²) in [7, 11) is 0. The van der Waals surface area contributed by atoms with Gasteiger partial charge >= 0.3 is 0 Å². The van der Waals surface area contributed by atoms with E-state index in [-0.39, 0.29) is 0 Å². The summed E-state index contributed by atoms with van der Waals surface area (Å²) in [5.74, 6) is 0. The molecular weight excluding hydrogens is 176 g/mol. The molecule has 1 aliphatic rings. The summed E-state index contributed by atoms with van der Waals surface area (Å²) < 4.78 is 0. The number of aliphatic hydroxyl groups is 1. The number of nitrogens with zero attached hydrogens (tertiary/aromatic N) is 1. The van der Waals surface area contributed by atoms with Crippen molar-refractivity contribution in [2.24, 2.45) is 0 Å². The summed E-state index contributed by atoms with van der Waals surface area (Å²) in [6, 6.07) is 9.55. The fraction of sp³-hybridized carbons (Fsp3) is 0.364. The molecule has 0 spiro atoms. The van der Waals surface area contributed by atoms with Crippen LogP contribution >= 0.6 is 0 Å². The zero-order valence-electron chi connectivity index (χ0n) is 7.83. The van der Waals surface area contributed by atoms with Crippen LogP contribution in [0, 0.1) is 11.3 Å². The van der Waals surface area contributed by atoms with Crippen LogP contribution < -0.4 is 5.32 Å². The van der Waals surface area contributed by atoms with E-state index in [1.54, 1.807) is 6.07 Å². The molecule has 1 aliphatic heterocycles. The molecule has 0 saturated carbocycles. The van der Waals surface area contributed by atoms with Gasteiger partial charge in [0.2, 0.25) is 0 Å². The smallest absolute Gasteiger partial charge is 0.0994 e. The normalized spacial score (nSPS) is 18.3. The van der Waals surface area contributed by atoms with Gasteiger partial charge in [0, 0.05) is 19.5 Å². The third kappa shape index (κ3) is 1.63. The Morgan fingerprint density at radius 2 is 2.14 bits per heavy atom. The molecule has 0 atom stereocenters. The zero-order valence-corrected chi connectivity index (χ0v) is 7.83. The van der Waals surface area contributed by atoms with Crippen LogP contribution in [0.15, 0.2) is 24.3 Å². The van der Waals surface area contributed by atoms with Crippen molar-refractivity contribution >= 4 is 0 Å². The van der Waals surface area contributed by atoms with Crippen LogP contribution in [0.4, 0.5) is 0 Å². The Bertz CT molecular complexity index is 377. The van der Waals surface area contributed by atoms with Gasteiger partial charge in [-0.25, -0.2) is 0 Å². The van der Waals surface area contributed by atoms with E-state index in [9.17, 15) is 5.11 Å². The first kappa shape index (κ1) is 9.20. The molecule has 3 nitrogen and oxygen atoms in total. The molecule has 0 amide bonds. The molecule has 14 heavy (non-hydrogen) atoms. The number of hydrogen-bond donors (Lipinski definition) is 2. The Kier molecular flexibility index (Phi) is 2.24. The molecule has 0 bridgehead atoms. The Labute approximate surface area is 83.0 Å². The lowest BCUT2D eigenvalue weighted by molar-refractivity contribution is -0.00907. The fourth-order valence-electron chi connectivity index (χ4n) is 1.68. The number of nitriles is 1. The first-order valence-electron chi connectivity index (χ1n) is 4.65. The van der Waals surface area contributed by atoms with Crippen LogP contribution in [-0.4, -0.2) is 23.8 Å². The standard InChI is InChI=1S/C11H12N2O/c12-6-10-4-2-1-3-9(10)5-11(14)7-13-8-11/h1-4,13-14H,5,7-8H2. The van der Waals surface area contributed by atoms with Crippen LogP contribution in [0.2, 0.25) is 0 Å². The van der Waals surface area contributed by atoms with Crippen molar-refractivity contribution in [3.05, 3.63) is 35.4 Å². The highest BCUT2D eigenvalue weighted by Crippen LogP contribution is 2.19. The second kappa shape index (κ2) is 3.41. The summed E-state index contributed by atoms with van der Waals surface area (Å²) in [6.45, 7) is 1.24. The number of nitrogens with one attached hydrogen (secondary N) is 1. The molecular formula is C11H12N2O. The third-order valence-corrected chi connectivity index (χ3v) is 2.57. The molecule has 72 valence electrons. The van der Waals surface area contributed by atoms with Crippen molar-refractivity contribution < 1.29 is 5.11 Å². The lowest BCUT2D eigenvalue weighted by Gasteiger charge is -2.37. The Morgan fingerprint density at radius 3 is 2.71 bits per heavy atom. The number of rotatable bonds is 2. The van der Waals surface area contributed by atoms with Crippen LogP contribution in [-0.2, 0) is 6.42 Å². The van der Waals surface area contributed by atoms with Gasteiger partial charge in [0.05, 0.1) is 17.2 Å². The topological polar surface area (TPSA) is 56.0 Å². The minimum absolute atomic E-state index is 0.559. The van der Waals surface area contributed by atoms with E-state index in [0.717, 1.165) is 5.56 Å². The Balaban J connectivity index is 2.20. The van der Waals surface area contributed by atoms with E-state index < -0.39 is 5.60 Å². The maximum absolute atomic E-state index is 9.91. The summed E-state index contributed by atoms with van der Waals surface area (Å²) in [4.78, 5) is 0. The second-order valence-electron chi connectivity index (χ2n) is 3.77. The van der Waals surface area contributed by atoms with Crippen LogP contribution in [0.5, 0.6) is 0 Å². The van der Waals surface area contributed by atoms with E-state index in [1.165, 1.54) is 0 Å². The summed E-state index contributed by atoms with van der Waals surface area (Å²) in [6.07, 6.45) is 0.559. The van der Waals surface area contributed by atoms with E-state index in [2.05, 4.69) is 11.4 Å². The van der Waals surface area contributed by atoms with Gasteiger partial charge in [0.25, 0.3) is 0 Å². The van der Waals surface area contributed by atoms with Gasteiger partial charge in [-0.1, -0.05) is 18.2 Å². The van der Waals surface area contributed by atoms with Gasteiger partial charge in [-0.2, -0.15) is 5.26 Å². The van der Waals surface area contributed by atoms with Crippen molar-refractivity contribution in [3.63, 3.8) is 0 Å². The zero-order chi connectivity index (χ0) is 10.0. The minimum atomic E-state index is -0.646. The molecule has 0 unspecified atom stereocenters. The largest absolute Gasteiger partial charge is 0.387 e. The number of hydrogen-bond acceptors (Lipinski definition) is 3. The maximum atomic E-state index is 9.91. The van der Waals surface area contributed by atoms with Gasteiger partial charge in [0.15, 0.2) is 0 Å². The predicted molar refractivity (Wildman–Crippen MR) is 52.7 cm³/mol. The second-order valence-corrected chi connectivity index (χ2v) is 3.77. The summed E-state index contributed by atoms with van der Waals surface area (Å²) in [5.41, 5.74) is 0.944. The molecule has 1 aromatic rings. The van der Waals surface area contributed by atoms with Gasteiger partial charge in [-0.15, -0.1) is 0 Å². The Hall–Kier alpha value is -1.37.